The fraction of sp³-hybridized carbons (Fsp3) is 0.276. The average Bonchev–Trinajstić information content (AvgIpc) is 3.38. The lowest BCUT2D eigenvalue weighted by molar-refractivity contribution is -0.130. The smallest absolute Gasteiger partial charge is 0.338 e. The predicted octanol–water partition coefficient (Wildman–Crippen LogP) is 4.18. The van der Waals surface area contributed by atoms with E-state index in [2.05, 4.69) is 28.1 Å². The zero-order chi connectivity index (χ0) is 25.3. The Balaban J connectivity index is 1.45. The maximum atomic E-state index is 13.7. The largest absolute Gasteiger partial charge is 0.462 e. The average molecular weight is 484 g/mol. The monoisotopic (exact) mass is 483 g/mol. The number of hydrogen-bond acceptors (Lipinski definition) is 5. The first kappa shape index (κ1) is 23.8. The molecule has 5 rings (SSSR count). The topological polar surface area (TPSA) is 96.5 Å². The molecule has 3 aromatic carbocycles. The molecule has 3 aromatic rings. The van der Waals surface area contributed by atoms with E-state index < -0.39 is 17.4 Å². The van der Waals surface area contributed by atoms with Crippen LogP contribution >= 0.6 is 0 Å². The maximum Gasteiger partial charge on any atom is 0.338 e. The molecular formula is C29H29N3O4. The standard InChI is InChI=1S/C29H29N3O4/c1-3-36-27(34)20-10-12-21(13-11-20)30-26(33)24-17-22(16-19-7-5-4-6-8-19)32-29(24)23-15-18(2)9-14-25(23)31-28(29)35/h4-15,22,24,32H,3,16-17H2,1-2H3,(H,30,33)(H,31,35). The number of benzene rings is 3. The lowest BCUT2D eigenvalue weighted by Crippen LogP contribution is -2.52. The Morgan fingerprint density at radius 1 is 1.06 bits per heavy atom. The van der Waals surface area contributed by atoms with Gasteiger partial charge in [-0.15, -0.1) is 0 Å². The molecule has 3 N–H and O–H groups in total. The Morgan fingerprint density at radius 3 is 2.53 bits per heavy atom. The predicted molar refractivity (Wildman–Crippen MR) is 138 cm³/mol. The summed E-state index contributed by atoms with van der Waals surface area (Å²) in [6, 6.07) is 22.4. The van der Waals surface area contributed by atoms with Crippen molar-refractivity contribution >= 4 is 29.2 Å². The van der Waals surface area contributed by atoms with Gasteiger partial charge in [0.1, 0.15) is 5.54 Å². The quantitative estimate of drug-likeness (QED) is 0.457. The van der Waals surface area contributed by atoms with E-state index in [9.17, 15) is 14.4 Å². The summed E-state index contributed by atoms with van der Waals surface area (Å²) in [5, 5.41) is 9.53. The van der Waals surface area contributed by atoms with E-state index in [1.807, 2.05) is 43.3 Å². The Labute approximate surface area is 210 Å². The lowest BCUT2D eigenvalue weighted by Gasteiger charge is -2.29. The second-order valence-corrected chi connectivity index (χ2v) is 9.42. The van der Waals surface area contributed by atoms with Crippen LogP contribution in [-0.2, 0) is 26.3 Å². The fourth-order valence-electron chi connectivity index (χ4n) is 5.34. The van der Waals surface area contributed by atoms with Crippen LogP contribution in [0, 0.1) is 12.8 Å². The van der Waals surface area contributed by atoms with Gasteiger partial charge in [-0.3, -0.25) is 14.9 Å². The molecule has 1 fully saturated rings. The second kappa shape index (κ2) is 9.59. The SMILES string of the molecule is CCOC(=O)c1ccc(NC(=O)C2CC(Cc3ccccc3)NC23C(=O)Nc2ccc(C)cc23)cc1. The highest BCUT2D eigenvalue weighted by Gasteiger charge is 2.60. The number of carbonyl (C=O) groups is 3. The molecule has 0 saturated carbocycles. The molecule has 184 valence electrons. The van der Waals surface area contributed by atoms with Gasteiger partial charge in [0, 0.05) is 23.0 Å². The highest BCUT2D eigenvalue weighted by atomic mass is 16.5. The van der Waals surface area contributed by atoms with Crippen LogP contribution in [0.1, 0.15) is 40.4 Å². The summed E-state index contributed by atoms with van der Waals surface area (Å²) in [6.07, 6.45) is 1.21. The van der Waals surface area contributed by atoms with Crippen molar-refractivity contribution < 1.29 is 19.1 Å². The Morgan fingerprint density at radius 2 is 1.81 bits per heavy atom. The first-order valence-electron chi connectivity index (χ1n) is 12.2. The number of fused-ring (bicyclic) bond motifs is 2. The number of amides is 2. The Bertz CT molecular complexity index is 1310. The molecule has 0 radical (unpaired) electrons. The molecule has 1 spiro atoms. The van der Waals surface area contributed by atoms with Gasteiger partial charge in [0.25, 0.3) is 0 Å². The first-order chi connectivity index (χ1) is 17.4. The number of hydrogen-bond donors (Lipinski definition) is 3. The summed E-state index contributed by atoms with van der Waals surface area (Å²) >= 11 is 0. The number of anilines is 2. The fourth-order valence-corrected chi connectivity index (χ4v) is 5.34. The van der Waals surface area contributed by atoms with Crippen LogP contribution in [-0.4, -0.2) is 30.4 Å². The number of carbonyl (C=O) groups excluding carboxylic acids is 3. The highest BCUT2D eigenvalue weighted by Crippen LogP contribution is 2.48. The van der Waals surface area contributed by atoms with Crippen LogP contribution in [0.4, 0.5) is 11.4 Å². The van der Waals surface area contributed by atoms with Crippen molar-refractivity contribution in [1.82, 2.24) is 5.32 Å². The molecule has 36 heavy (non-hydrogen) atoms. The summed E-state index contributed by atoms with van der Waals surface area (Å²) in [7, 11) is 0. The van der Waals surface area contributed by atoms with Gasteiger partial charge in [-0.05, 0) is 62.6 Å². The molecule has 7 nitrogen and oxygen atoms in total. The molecule has 0 bridgehead atoms. The van der Waals surface area contributed by atoms with E-state index in [-0.39, 0.29) is 17.9 Å². The molecule has 2 aliphatic rings. The summed E-state index contributed by atoms with van der Waals surface area (Å²) in [6.45, 7) is 4.02. The van der Waals surface area contributed by atoms with Crippen molar-refractivity contribution in [3.8, 4) is 0 Å². The maximum absolute atomic E-state index is 13.7. The molecule has 2 amide bonds. The number of ether oxygens (including phenoxy) is 1. The van der Waals surface area contributed by atoms with Crippen LogP contribution in [0.2, 0.25) is 0 Å². The van der Waals surface area contributed by atoms with E-state index in [0.717, 1.165) is 22.4 Å². The van der Waals surface area contributed by atoms with Gasteiger partial charge in [0.15, 0.2) is 0 Å². The van der Waals surface area contributed by atoms with Crippen molar-refractivity contribution in [2.24, 2.45) is 5.92 Å². The van der Waals surface area contributed by atoms with Gasteiger partial charge in [-0.25, -0.2) is 4.79 Å². The van der Waals surface area contributed by atoms with Gasteiger partial charge in [0.2, 0.25) is 11.8 Å². The van der Waals surface area contributed by atoms with Crippen molar-refractivity contribution in [1.29, 1.82) is 0 Å². The van der Waals surface area contributed by atoms with E-state index in [1.54, 1.807) is 31.2 Å². The van der Waals surface area contributed by atoms with E-state index in [0.29, 0.717) is 30.7 Å². The van der Waals surface area contributed by atoms with E-state index in [1.165, 1.54) is 0 Å². The Kier molecular flexibility index (Phi) is 6.33. The summed E-state index contributed by atoms with van der Waals surface area (Å²) in [5.41, 5.74) is 3.51. The molecular weight excluding hydrogens is 454 g/mol. The second-order valence-electron chi connectivity index (χ2n) is 9.42. The normalized spacial score (nSPS) is 22.2. The van der Waals surface area contributed by atoms with Gasteiger partial charge in [-0.1, -0.05) is 48.0 Å². The molecule has 3 atom stereocenters. The molecule has 2 aliphatic heterocycles. The summed E-state index contributed by atoms with van der Waals surface area (Å²) < 4.78 is 5.03. The van der Waals surface area contributed by atoms with Crippen LogP contribution in [0.25, 0.3) is 0 Å². The van der Waals surface area contributed by atoms with Crippen LogP contribution in [0.5, 0.6) is 0 Å². The number of aryl methyl sites for hydroxylation is 1. The van der Waals surface area contributed by atoms with Crippen LogP contribution < -0.4 is 16.0 Å². The van der Waals surface area contributed by atoms with Gasteiger partial charge in [-0.2, -0.15) is 0 Å². The summed E-state index contributed by atoms with van der Waals surface area (Å²) in [4.78, 5) is 39.2. The van der Waals surface area contributed by atoms with E-state index >= 15 is 0 Å². The molecule has 3 unspecified atom stereocenters. The van der Waals surface area contributed by atoms with Gasteiger partial charge >= 0.3 is 5.97 Å². The van der Waals surface area contributed by atoms with Crippen LogP contribution in [0.3, 0.4) is 0 Å². The number of rotatable bonds is 6. The zero-order valence-corrected chi connectivity index (χ0v) is 20.3. The number of esters is 1. The minimum Gasteiger partial charge on any atom is -0.462 e. The van der Waals surface area contributed by atoms with Crippen molar-refractivity contribution in [3.63, 3.8) is 0 Å². The van der Waals surface area contributed by atoms with Crippen LogP contribution in [0.15, 0.2) is 72.8 Å². The molecule has 0 aromatic heterocycles. The van der Waals surface area contributed by atoms with Crippen molar-refractivity contribution in [2.75, 3.05) is 17.2 Å². The highest BCUT2D eigenvalue weighted by molar-refractivity contribution is 6.10. The Hall–Kier alpha value is -3.97. The zero-order valence-electron chi connectivity index (χ0n) is 20.3. The first-order valence-corrected chi connectivity index (χ1v) is 12.2. The molecule has 2 heterocycles. The third-order valence-corrected chi connectivity index (χ3v) is 6.99. The van der Waals surface area contributed by atoms with Crippen molar-refractivity contribution in [2.45, 2.75) is 38.3 Å². The third-order valence-electron chi connectivity index (χ3n) is 6.99. The van der Waals surface area contributed by atoms with E-state index in [4.69, 9.17) is 4.74 Å². The van der Waals surface area contributed by atoms with Gasteiger partial charge < -0.3 is 15.4 Å². The summed E-state index contributed by atoms with van der Waals surface area (Å²) in [5.74, 6) is -1.49. The molecule has 7 heteroatoms. The molecule has 0 aliphatic carbocycles. The lowest BCUT2D eigenvalue weighted by atomic mass is 9.79. The van der Waals surface area contributed by atoms with Gasteiger partial charge in [0.05, 0.1) is 18.1 Å². The third kappa shape index (κ3) is 4.27. The van der Waals surface area contributed by atoms with Crippen molar-refractivity contribution in [3.05, 3.63) is 95.1 Å². The molecule has 1 saturated heterocycles. The number of nitrogens with one attached hydrogen (secondary N) is 3. The minimum absolute atomic E-state index is 0.0634. The minimum atomic E-state index is -1.16.